The molecule has 5 aromatic rings. The van der Waals surface area contributed by atoms with Crippen molar-refractivity contribution in [2.75, 3.05) is 12.4 Å². The van der Waals surface area contributed by atoms with Gasteiger partial charge in [-0.15, -0.1) is 0 Å². The maximum absolute atomic E-state index is 13.5. The molecular weight excluding hydrogens is 462 g/mol. The van der Waals surface area contributed by atoms with Gasteiger partial charge < -0.3 is 10.1 Å². The highest BCUT2D eigenvalue weighted by atomic mass is 32.1. The van der Waals surface area contributed by atoms with Crippen LogP contribution in [0.5, 0.6) is 5.75 Å². The number of aromatic nitrogens is 4. The van der Waals surface area contributed by atoms with E-state index in [1.54, 1.807) is 22.4 Å². The van der Waals surface area contributed by atoms with Gasteiger partial charge in [0.1, 0.15) is 17.4 Å². The first-order valence-corrected chi connectivity index (χ1v) is 12.1. The van der Waals surface area contributed by atoms with Crippen LogP contribution in [0.15, 0.2) is 59.4 Å². The highest BCUT2D eigenvalue weighted by molar-refractivity contribution is 7.22. The average Bonchev–Trinajstić information content (AvgIpc) is 3.41. The fourth-order valence-electron chi connectivity index (χ4n) is 4.44. The zero-order valence-electron chi connectivity index (χ0n) is 19.9. The summed E-state index contributed by atoms with van der Waals surface area (Å²) in [6.45, 7) is 5.70. The van der Waals surface area contributed by atoms with Crippen molar-refractivity contribution < 1.29 is 9.53 Å². The lowest BCUT2D eigenvalue weighted by Crippen LogP contribution is -2.34. The number of carbonyl (C=O) groups is 1. The minimum Gasteiger partial charge on any atom is -0.497 e. The van der Waals surface area contributed by atoms with Gasteiger partial charge in [0.25, 0.3) is 5.56 Å². The summed E-state index contributed by atoms with van der Waals surface area (Å²) in [5.74, 6) is 0.424. The molecule has 0 aliphatic carbocycles. The lowest BCUT2D eigenvalue weighted by atomic mass is 10.1. The number of ether oxygens (including phenoxy) is 1. The Morgan fingerprint density at radius 1 is 1.14 bits per heavy atom. The van der Waals surface area contributed by atoms with Gasteiger partial charge in [-0.1, -0.05) is 36.5 Å². The van der Waals surface area contributed by atoms with E-state index in [1.165, 1.54) is 11.3 Å². The van der Waals surface area contributed by atoms with Gasteiger partial charge in [0.05, 0.1) is 28.7 Å². The van der Waals surface area contributed by atoms with Gasteiger partial charge in [-0.05, 0) is 56.2 Å². The molecule has 5 rings (SSSR count). The molecule has 1 atom stereocenters. The Balaban J connectivity index is 1.61. The zero-order valence-corrected chi connectivity index (χ0v) is 20.7. The normalized spacial score (nSPS) is 12.2. The summed E-state index contributed by atoms with van der Waals surface area (Å²) in [4.78, 5) is 31.4. The lowest BCUT2D eigenvalue weighted by molar-refractivity contribution is -0.119. The van der Waals surface area contributed by atoms with Crippen molar-refractivity contribution in [1.82, 2.24) is 19.3 Å². The van der Waals surface area contributed by atoms with Crippen molar-refractivity contribution in [3.05, 3.63) is 76.2 Å². The molecule has 3 aromatic heterocycles. The number of anilines is 1. The molecule has 35 heavy (non-hydrogen) atoms. The Morgan fingerprint density at radius 2 is 1.91 bits per heavy atom. The molecule has 0 aliphatic heterocycles. The van der Waals surface area contributed by atoms with Gasteiger partial charge in [0.2, 0.25) is 5.91 Å². The molecule has 0 saturated heterocycles. The van der Waals surface area contributed by atoms with E-state index < -0.39 is 6.04 Å². The number of nitrogens with zero attached hydrogens (tertiary/aromatic N) is 4. The van der Waals surface area contributed by atoms with Crippen LogP contribution >= 0.6 is 11.3 Å². The average molecular weight is 488 g/mol. The largest absolute Gasteiger partial charge is 0.497 e. The van der Waals surface area contributed by atoms with E-state index >= 15 is 0 Å². The number of fused-ring (bicyclic) bond motifs is 2. The molecular formula is C26H25N5O3S. The number of pyridine rings is 1. The van der Waals surface area contributed by atoms with Gasteiger partial charge in [-0.3, -0.25) is 14.2 Å². The maximum atomic E-state index is 13.5. The number of hydrogen-bond donors (Lipinski definition) is 1. The third-order valence-electron chi connectivity index (χ3n) is 6.06. The predicted octanol–water partition coefficient (Wildman–Crippen LogP) is 5.01. The third kappa shape index (κ3) is 3.97. The van der Waals surface area contributed by atoms with Crippen LogP contribution in [-0.2, 0) is 4.79 Å². The molecule has 2 aromatic carbocycles. The Morgan fingerprint density at radius 3 is 2.63 bits per heavy atom. The van der Waals surface area contributed by atoms with Crippen LogP contribution in [0.2, 0.25) is 0 Å². The number of para-hydroxylation sites is 1. The molecule has 0 bridgehead atoms. The number of amides is 1. The van der Waals surface area contributed by atoms with Crippen molar-refractivity contribution in [3.8, 4) is 11.4 Å². The molecule has 8 nitrogen and oxygen atoms in total. The van der Waals surface area contributed by atoms with Crippen LogP contribution in [0.1, 0.15) is 30.6 Å². The van der Waals surface area contributed by atoms with Crippen LogP contribution in [0.25, 0.3) is 26.9 Å². The van der Waals surface area contributed by atoms with Gasteiger partial charge >= 0.3 is 0 Å². The van der Waals surface area contributed by atoms with E-state index in [4.69, 9.17) is 9.84 Å². The smallest absolute Gasteiger partial charge is 0.253 e. The van der Waals surface area contributed by atoms with Crippen molar-refractivity contribution in [1.29, 1.82) is 0 Å². The van der Waals surface area contributed by atoms with Crippen LogP contribution < -0.4 is 15.6 Å². The predicted molar refractivity (Wildman–Crippen MR) is 139 cm³/mol. The second kappa shape index (κ2) is 8.99. The first kappa shape index (κ1) is 22.8. The third-order valence-corrected chi connectivity index (χ3v) is 7.00. The van der Waals surface area contributed by atoms with Gasteiger partial charge in [0, 0.05) is 11.5 Å². The number of methoxy groups -OCH3 is 1. The fraction of sp³-hybridized carbons (Fsp3) is 0.231. The molecule has 0 spiro atoms. The standard InChI is InChI=1S/C26H25N5O3S/c1-5-20(24(33)28-26-27-19-12-11-18(34-4)14-21(19)35-26)30-22(32)13-15(2)23-16(3)29-31(25(23)30)17-9-7-6-8-10-17/h6-14,20H,5H2,1-4H3,(H,27,28,33). The highest BCUT2D eigenvalue weighted by Crippen LogP contribution is 2.31. The van der Waals surface area contributed by atoms with Crippen molar-refractivity contribution in [2.45, 2.75) is 33.2 Å². The Hall–Kier alpha value is -3.98. The fourth-order valence-corrected chi connectivity index (χ4v) is 5.34. The zero-order chi connectivity index (χ0) is 24.7. The first-order valence-electron chi connectivity index (χ1n) is 11.3. The second-order valence-corrected chi connectivity index (χ2v) is 9.36. The molecule has 9 heteroatoms. The van der Waals surface area contributed by atoms with Crippen LogP contribution in [0.4, 0.5) is 5.13 Å². The molecule has 0 saturated carbocycles. The van der Waals surface area contributed by atoms with Crippen molar-refractivity contribution in [2.24, 2.45) is 0 Å². The van der Waals surface area contributed by atoms with Crippen LogP contribution in [0.3, 0.4) is 0 Å². The summed E-state index contributed by atoms with van der Waals surface area (Å²) in [6, 6.07) is 16.0. The molecule has 3 heterocycles. The van der Waals surface area contributed by atoms with Crippen molar-refractivity contribution in [3.63, 3.8) is 0 Å². The summed E-state index contributed by atoms with van der Waals surface area (Å²) in [5, 5.41) is 9.00. The summed E-state index contributed by atoms with van der Waals surface area (Å²) in [5.41, 5.74) is 3.58. The van der Waals surface area contributed by atoms with Gasteiger partial charge in [0.15, 0.2) is 5.13 Å². The molecule has 0 fully saturated rings. The topological polar surface area (TPSA) is 91.0 Å². The molecule has 1 amide bonds. The quantitative estimate of drug-likeness (QED) is 0.363. The number of rotatable bonds is 6. The van der Waals surface area contributed by atoms with E-state index in [2.05, 4.69) is 10.3 Å². The van der Waals surface area contributed by atoms with E-state index in [0.717, 1.165) is 38.3 Å². The van der Waals surface area contributed by atoms with E-state index in [0.29, 0.717) is 17.2 Å². The summed E-state index contributed by atoms with van der Waals surface area (Å²) in [6.07, 6.45) is 0.418. The van der Waals surface area contributed by atoms with Crippen LogP contribution in [-0.4, -0.2) is 32.3 Å². The van der Waals surface area contributed by atoms with Crippen LogP contribution in [0, 0.1) is 13.8 Å². The van der Waals surface area contributed by atoms with Crippen molar-refractivity contribution >= 4 is 43.6 Å². The number of benzene rings is 2. The summed E-state index contributed by atoms with van der Waals surface area (Å²) in [7, 11) is 1.61. The molecule has 1 N–H and O–H groups in total. The number of carbonyl (C=O) groups excluding carboxylic acids is 1. The molecule has 0 aliphatic rings. The number of aryl methyl sites for hydroxylation is 2. The number of thiazole rings is 1. The molecule has 0 radical (unpaired) electrons. The Bertz CT molecular complexity index is 1620. The van der Waals surface area contributed by atoms with E-state index in [1.807, 2.05) is 69.3 Å². The summed E-state index contributed by atoms with van der Waals surface area (Å²) < 4.78 is 9.49. The summed E-state index contributed by atoms with van der Waals surface area (Å²) >= 11 is 1.36. The minimum atomic E-state index is -0.745. The first-order chi connectivity index (χ1) is 16.9. The molecule has 1 unspecified atom stereocenters. The SMILES string of the molecule is CCC(C(=O)Nc1nc2ccc(OC)cc2s1)n1c(=O)cc(C)c2c(C)nn(-c3ccccc3)c21. The Kier molecular flexibility index (Phi) is 5.86. The highest BCUT2D eigenvalue weighted by Gasteiger charge is 2.26. The molecule has 178 valence electrons. The maximum Gasteiger partial charge on any atom is 0.253 e. The van der Waals surface area contributed by atoms with E-state index in [9.17, 15) is 9.59 Å². The van der Waals surface area contributed by atoms with Gasteiger partial charge in [-0.25, -0.2) is 9.67 Å². The van der Waals surface area contributed by atoms with Gasteiger partial charge in [-0.2, -0.15) is 5.10 Å². The minimum absolute atomic E-state index is 0.247. The lowest BCUT2D eigenvalue weighted by Gasteiger charge is -2.20. The monoisotopic (exact) mass is 487 g/mol. The van der Waals surface area contributed by atoms with E-state index in [-0.39, 0.29) is 11.5 Å². The number of hydrogen-bond acceptors (Lipinski definition) is 6. The second-order valence-electron chi connectivity index (χ2n) is 8.33. The number of nitrogens with one attached hydrogen (secondary N) is 1. The Labute approximate surface area is 205 Å².